The Bertz CT molecular complexity index is 359. The number of urea groups is 2. The molecule has 4 saturated carbocycles. The van der Waals surface area contributed by atoms with Crippen LogP contribution < -0.4 is 16.8 Å². The van der Waals surface area contributed by atoms with E-state index < -0.39 is 6.03 Å². The summed E-state index contributed by atoms with van der Waals surface area (Å²) >= 11 is 0. The Morgan fingerprint density at radius 3 is 1.60 bits per heavy atom. The van der Waals surface area contributed by atoms with Gasteiger partial charge in [0.1, 0.15) is 0 Å². The zero-order valence-electron chi connectivity index (χ0n) is 12.4. The van der Waals surface area contributed by atoms with Gasteiger partial charge in [0.25, 0.3) is 0 Å². The molecule has 20 heavy (non-hydrogen) atoms. The summed E-state index contributed by atoms with van der Waals surface area (Å²) in [6.45, 7) is 0. The van der Waals surface area contributed by atoms with Crippen molar-refractivity contribution in [2.45, 2.75) is 44.1 Å². The van der Waals surface area contributed by atoms with E-state index in [0.717, 1.165) is 17.8 Å². The maximum Gasteiger partial charge on any atom is 0.314 e. The molecule has 5 N–H and O–H groups in total. The molecule has 0 aliphatic heterocycles. The van der Waals surface area contributed by atoms with Crippen LogP contribution in [-0.2, 0) is 0 Å². The minimum Gasteiger partial charge on any atom is -0.352 e. The number of carbonyl (C=O) groups excluding carboxylic acids is 2. The molecule has 0 spiro atoms. The van der Waals surface area contributed by atoms with Crippen LogP contribution in [0.4, 0.5) is 9.59 Å². The molecule has 4 rings (SSSR count). The van der Waals surface area contributed by atoms with E-state index in [0.29, 0.717) is 0 Å². The van der Waals surface area contributed by atoms with Gasteiger partial charge in [-0.05, 0) is 56.3 Å². The fourth-order valence-electron chi connectivity index (χ4n) is 4.53. The Hall–Kier alpha value is -1.46. The van der Waals surface area contributed by atoms with Crippen molar-refractivity contribution >= 4 is 12.1 Å². The van der Waals surface area contributed by atoms with E-state index in [-0.39, 0.29) is 11.6 Å². The number of primary amides is 2. The van der Waals surface area contributed by atoms with Crippen molar-refractivity contribution < 1.29 is 9.59 Å². The molecule has 4 aliphatic carbocycles. The summed E-state index contributed by atoms with van der Waals surface area (Å²) in [5, 5.41) is 3.03. The predicted octanol–water partition coefficient (Wildman–Crippen LogP) is 1.25. The van der Waals surface area contributed by atoms with E-state index in [4.69, 9.17) is 11.5 Å². The average Bonchev–Trinajstić information content (AvgIpc) is 2.25. The van der Waals surface area contributed by atoms with Crippen LogP contribution in [0.1, 0.15) is 38.5 Å². The highest BCUT2D eigenvalue weighted by Crippen LogP contribution is 2.55. The Morgan fingerprint density at radius 2 is 1.35 bits per heavy atom. The van der Waals surface area contributed by atoms with Gasteiger partial charge in [-0.15, -0.1) is 0 Å². The molecule has 0 unspecified atom stereocenters. The molecule has 4 bridgehead atoms. The van der Waals surface area contributed by atoms with Gasteiger partial charge in [0.15, 0.2) is 0 Å². The van der Waals surface area contributed by atoms with Crippen molar-refractivity contribution in [3.63, 3.8) is 0 Å². The van der Waals surface area contributed by atoms with E-state index in [9.17, 15) is 9.59 Å². The molecule has 4 fully saturated rings. The van der Waals surface area contributed by atoms with E-state index in [2.05, 4.69) is 5.32 Å². The molecule has 0 aromatic heterocycles. The number of rotatable bonds is 1. The van der Waals surface area contributed by atoms with Crippen molar-refractivity contribution in [3.8, 4) is 0 Å². The normalized spacial score (nSPS) is 36.8. The van der Waals surface area contributed by atoms with Gasteiger partial charge >= 0.3 is 12.1 Å². The summed E-state index contributed by atoms with van der Waals surface area (Å²) < 4.78 is 0. The van der Waals surface area contributed by atoms with Crippen molar-refractivity contribution in [3.05, 3.63) is 0 Å². The van der Waals surface area contributed by atoms with Crippen LogP contribution in [0.5, 0.6) is 0 Å². The SMILES string of the molecule is CN(C)C(N)=O.NC(=O)NC12CC3CC(CC(C3)C1)C2. The quantitative estimate of drug-likeness (QED) is 0.674. The molecular formula is C14H26N4O2. The van der Waals surface area contributed by atoms with E-state index in [1.807, 2.05) is 0 Å². The predicted molar refractivity (Wildman–Crippen MR) is 76.9 cm³/mol. The number of nitrogens with zero attached hydrogens (tertiary/aromatic N) is 1. The fourth-order valence-corrected chi connectivity index (χ4v) is 4.53. The molecule has 4 aliphatic rings. The minimum absolute atomic E-state index is 0.0978. The second-order valence-electron chi connectivity index (χ2n) is 6.92. The molecule has 0 atom stereocenters. The van der Waals surface area contributed by atoms with Crippen molar-refractivity contribution in [1.82, 2.24) is 10.2 Å². The molecule has 0 radical (unpaired) electrons. The third kappa shape index (κ3) is 3.35. The Balaban J connectivity index is 0.000000212. The summed E-state index contributed by atoms with van der Waals surface area (Å²) in [4.78, 5) is 22.1. The van der Waals surface area contributed by atoms with Crippen LogP contribution in [0.2, 0.25) is 0 Å². The summed E-state index contributed by atoms with van der Waals surface area (Å²) in [5.74, 6) is 2.61. The molecular weight excluding hydrogens is 256 g/mol. The largest absolute Gasteiger partial charge is 0.352 e. The lowest BCUT2D eigenvalue weighted by atomic mass is 9.53. The highest BCUT2D eigenvalue weighted by atomic mass is 16.2. The van der Waals surface area contributed by atoms with E-state index in [1.165, 1.54) is 43.4 Å². The molecule has 0 aromatic rings. The van der Waals surface area contributed by atoms with Crippen LogP contribution in [0.15, 0.2) is 0 Å². The first-order valence-corrected chi connectivity index (χ1v) is 7.34. The Labute approximate surface area is 120 Å². The zero-order chi connectivity index (χ0) is 14.9. The molecule has 114 valence electrons. The number of carbonyl (C=O) groups is 2. The van der Waals surface area contributed by atoms with Gasteiger partial charge in [-0.2, -0.15) is 0 Å². The molecule has 6 nitrogen and oxygen atoms in total. The summed E-state index contributed by atoms with van der Waals surface area (Å²) in [6.07, 6.45) is 7.75. The Kier molecular flexibility index (Phi) is 4.11. The number of hydrogen-bond acceptors (Lipinski definition) is 2. The second kappa shape index (κ2) is 5.50. The van der Waals surface area contributed by atoms with Crippen LogP contribution >= 0.6 is 0 Å². The highest BCUT2D eigenvalue weighted by Gasteiger charge is 2.51. The highest BCUT2D eigenvalue weighted by molar-refractivity contribution is 5.72. The van der Waals surface area contributed by atoms with Crippen LogP contribution in [-0.4, -0.2) is 36.6 Å². The van der Waals surface area contributed by atoms with Crippen LogP contribution in [0, 0.1) is 17.8 Å². The molecule has 0 aromatic carbocycles. The topological polar surface area (TPSA) is 101 Å². The first-order valence-electron chi connectivity index (χ1n) is 7.34. The Morgan fingerprint density at radius 1 is 1.00 bits per heavy atom. The average molecular weight is 282 g/mol. The molecule has 0 saturated heterocycles. The number of nitrogens with one attached hydrogen (secondary N) is 1. The van der Waals surface area contributed by atoms with Crippen molar-refractivity contribution in [1.29, 1.82) is 0 Å². The second-order valence-corrected chi connectivity index (χ2v) is 6.92. The van der Waals surface area contributed by atoms with Gasteiger partial charge in [0.2, 0.25) is 0 Å². The zero-order valence-corrected chi connectivity index (χ0v) is 12.4. The summed E-state index contributed by atoms with van der Waals surface area (Å²) in [6, 6.07) is -0.734. The monoisotopic (exact) mass is 282 g/mol. The lowest BCUT2D eigenvalue weighted by Crippen LogP contribution is -2.60. The molecule has 4 amide bonds. The third-order valence-corrected chi connectivity index (χ3v) is 4.87. The van der Waals surface area contributed by atoms with E-state index in [1.54, 1.807) is 14.1 Å². The van der Waals surface area contributed by atoms with Gasteiger partial charge in [-0.25, -0.2) is 9.59 Å². The van der Waals surface area contributed by atoms with Gasteiger partial charge in [-0.1, -0.05) is 0 Å². The van der Waals surface area contributed by atoms with Gasteiger partial charge in [0.05, 0.1) is 0 Å². The van der Waals surface area contributed by atoms with E-state index >= 15 is 0 Å². The molecule has 0 heterocycles. The number of hydrogen-bond donors (Lipinski definition) is 3. The first-order chi connectivity index (χ1) is 9.29. The molecule has 6 heteroatoms. The van der Waals surface area contributed by atoms with Gasteiger partial charge < -0.3 is 21.7 Å². The summed E-state index contributed by atoms with van der Waals surface area (Å²) in [7, 11) is 3.20. The lowest BCUT2D eigenvalue weighted by Gasteiger charge is -2.56. The van der Waals surface area contributed by atoms with Crippen LogP contribution in [0.25, 0.3) is 0 Å². The first kappa shape index (κ1) is 14.9. The fraction of sp³-hybridized carbons (Fsp3) is 0.857. The number of nitrogens with two attached hydrogens (primary N) is 2. The maximum absolute atomic E-state index is 11.0. The minimum atomic E-state index is -0.407. The van der Waals surface area contributed by atoms with Crippen LogP contribution in [0.3, 0.4) is 0 Å². The third-order valence-electron chi connectivity index (χ3n) is 4.87. The summed E-state index contributed by atoms with van der Waals surface area (Å²) in [5.41, 5.74) is 10.1. The standard InChI is InChI=1S/C11H18N2O.C3H8N2O/c12-10(14)13-11-4-7-1-8(5-11)3-9(2-7)6-11;1-5(2)3(4)6/h7-9H,1-6H2,(H3,12,13,14);1-2H3,(H2,4,6). The van der Waals surface area contributed by atoms with Gasteiger partial charge in [0, 0.05) is 19.6 Å². The maximum atomic E-state index is 11.0. The van der Waals surface area contributed by atoms with Crippen molar-refractivity contribution in [2.24, 2.45) is 29.2 Å². The number of amides is 4. The lowest BCUT2D eigenvalue weighted by molar-refractivity contribution is -0.0129. The smallest absolute Gasteiger partial charge is 0.314 e. The van der Waals surface area contributed by atoms with Crippen molar-refractivity contribution in [2.75, 3.05) is 14.1 Å². The van der Waals surface area contributed by atoms with Gasteiger partial charge in [-0.3, -0.25) is 0 Å².